The van der Waals surface area contributed by atoms with Crippen molar-refractivity contribution in [2.45, 2.75) is 31.5 Å². The van der Waals surface area contributed by atoms with Gasteiger partial charge in [-0.15, -0.1) is 0 Å². The number of hydrogen-bond donors (Lipinski definition) is 1. The molecule has 2 unspecified atom stereocenters. The Morgan fingerprint density at radius 1 is 1.14 bits per heavy atom. The molecule has 2 heterocycles. The smallest absolute Gasteiger partial charge is 0.326 e. The summed E-state index contributed by atoms with van der Waals surface area (Å²) in [5, 5.41) is 11.0. The Hall–Kier alpha value is -2.99. The van der Waals surface area contributed by atoms with Gasteiger partial charge in [-0.25, -0.2) is 0 Å². The van der Waals surface area contributed by atoms with E-state index in [4.69, 9.17) is 18.9 Å². The van der Waals surface area contributed by atoms with E-state index < -0.39 is 23.6 Å². The van der Waals surface area contributed by atoms with Crippen molar-refractivity contribution in [3.05, 3.63) is 76.5 Å². The van der Waals surface area contributed by atoms with Crippen LogP contribution in [0, 0.1) is 0 Å². The fourth-order valence-corrected chi connectivity index (χ4v) is 3.67. The minimum atomic E-state index is -0.928. The molecule has 2 atom stereocenters. The number of aliphatic hydroxyl groups is 1. The van der Waals surface area contributed by atoms with Crippen LogP contribution in [0.2, 0.25) is 0 Å². The Morgan fingerprint density at radius 3 is 2.50 bits per heavy atom. The van der Waals surface area contributed by atoms with Crippen LogP contribution in [0.1, 0.15) is 25.3 Å². The quantitative estimate of drug-likeness (QED) is 0.804. The molecule has 28 heavy (non-hydrogen) atoms. The van der Waals surface area contributed by atoms with Crippen LogP contribution in [0.15, 0.2) is 70.9 Å². The van der Waals surface area contributed by atoms with Gasteiger partial charge in [-0.05, 0) is 37.6 Å². The summed E-state index contributed by atoms with van der Waals surface area (Å²) in [4.78, 5) is 12.7. The first-order valence-corrected chi connectivity index (χ1v) is 9.00. The van der Waals surface area contributed by atoms with E-state index in [-0.39, 0.29) is 11.5 Å². The van der Waals surface area contributed by atoms with Crippen LogP contribution in [0.4, 0.5) is 0 Å². The van der Waals surface area contributed by atoms with Crippen molar-refractivity contribution < 1.29 is 28.8 Å². The summed E-state index contributed by atoms with van der Waals surface area (Å²) < 4.78 is 22.4. The Labute approximate surface area is 163 Å². The van der Waals surface area contributed by atoms with Crippen molar-refractivity contribution >= 4 is 5.97 Å². The lowest BCUT2D eigenvalue weighted by Gasteiger charge is -2.37. The van der Waals surface area contributed by atoms with Gasteiger partial charge in [0.1, 0.15) is 40.6 Å². The Bertz CT molecular complexity index is 946. The standard InChI is InChI=1S/C22H22O6/c1-22(2)10-9-14-15(28-22)11-16-18(20(14)26-4)19(23)17(21(24)27-16)12-5-7-13(25-3)8-6-12/h5-11,17,20,23H,1-4H3. The lowest BCUT2D eigenvalue weighted by atomic mass is 9.83. The highest BCUT2D eigenvalue weighted by atomic mass is 16.5. The molecule has 6 heteroatoms. The largest absolute Gasteiger partial charge is 0.510 e. The maximum Gasteiger partial charge on any atom is 0.326 e. The van der Waals surface area contributed by atoms with Crippen molar-refractivity contribution in [3.8, 4) is 5.75 Å². The maximum atomic E-state index is 12.7. The van der Waals surface area contributed by atoms with Gasteiger partial charge in [0.25, 0.3) is 0 Å². The molecule has 3 aliphatic rings. The molecular formula is C22H22O6. The molecule has 146 valence electrons. The minimum Gasteiger partial charge on any atom is -0.510 e. The van der Waals surface area contributed by atoms with E-state index in [1.165, 1.54) is 0 Å². The average molecular weight is 382 g/mol. The molecule has 0 bridgehead atoms. The second kappa shape index (κ2) is 6.56. The number of benzene rings is 1. The lowest BCUT2D eigenvalue weighted by molar-refractivity contribution is -0.142. The second-order valence-corrected chi connectivity index (χ2v) is 7.41. The number of esters is 1. The van der Waals surface area contributed by atoms with Gasteiger partial charge in [-0.1, -0.05) is 18.2 Å². The van der Waals surface area contributed by atoms with E-state index >= 15 is 0 Å². The first kappa shape index (κ1) is 18.4. The summed E-state index contributed by atoms with van der Waals surface area (Å²) in [5.74, 6) is -0.0742. The molecule has 1 aliphatic carbocycles. The Balaban J connectivity index is 1.80. The van der Waals surface area contributed by atoms with Crippen LogP contribution in [-0.4, -0.2) is 37.0 Å². The third-order valence-corrected chi connectivity index (χ3v) is 5.07. The molecule has 4 rings (SSSR count). The zero-order valence-corrected chi connectivity index (χ0v) is 16.2. The normalized spacial score (nSPS) is 25.4. The van der Waals surface area contributed by atoms with Gasteiger partial charge in [0.15, 0.2) is 0 Å². The summed E-state index contributed by atoms with van der Waals surface area (Å²) in [6, 6.07) is 6.94. The number of allylic oxidation sites excluding steroid dienone is 1. The molecule has 2 aliphatic heterocycles. The van der Waals surface area contributed by atoms with Crippen LogP contribution < -0.4 is 4.74 Å². The van der Waals surface area contributed by atoms with Gasteiger partial charge in [-0.3, -0.25) is 4.79 Å². The molecule has 0 saturated heterocycles. The molecule has 6 nitrogen and oxygen atoms in total. The molecule has 0 fully saturated rings. The van der Waals surface area contributed by atoms with Crippen molar-refractivity contribution in [1.82, 2.24) is 0 Å². The number of ether oxygens (including phenoxy) is 4. The van der Waals surface area contributed by atoms with E-state index in [0.717, 1.165) is 5.57 Å². The van der Waals surface area contributed by atoms with Crippen LogP contribution >= 0.6 is 0 Å². The fraction of sp³-hybridized carbons (Fsp3) is 0.318. The maximum absolute atomic E-state index is 12.7. The Morgan fingerprint density at radius 2 is 1.86 bits per heavy atom. The summed E-state index contributed by atoms with van der Waals surface area (Å²) in [6.07, 6.45) is 4.91. The van der Waals surface area contributed by atoms with E-state index in [0.29, 0.717) is 22.6 Å². The van der Waals surface area contributed by atoms with Gasteiger partial charge in [0.2, 0.25) is 0 Å². The second-order valence-electron chi connectivity index (χ2n) is 7.41. The van der Waals surface area contributed by atoms with Crippen LogP contribution in [0.25, 0.3) is 0 Å². The molecular weight excluding hydrogens is 360 g/mol. The first-order valence-electron chi connectivity index (χ1n) is 9.00. The van der Waals surface area contributed by atoms with E-state index in [1.54, 1.807) is 44.6 Å². The van der Waals surface area contributed by atoms with E-state index in [1.807, 2.05) is 26.0 Å². The van der Waals surface area contributed by atoms with Crippen LogP contribution in [0.3, 0.4) is 0 Å². The molecule has 1 aromatic carbocycles. The van der Waals surface area contributed by atoms with Gasteiger partial charge in [0, 0.05) is 18.8 Å². The molecule has 1 N–H and O–H groups in total. The highest BCUT2D eigenvalue weighted by Gasteiger charge is 2.44. The van der Waals surface area contributed by atoms with Gasteiger partial charge >= 0.3 is 5.97 Å². The topological polar surface area (TPSA) is 74.2 Å². The summed E-state index contributed by atoms with van der Waals surface area (Å²) in [7, 11) is 3.11. The van der Waals surface area contributed by atoms with Crippen LogP contribution in [0.5, 0.6) is 5.75 Å². The highest BCUT2D eigenvalue weighted by Crippen LogP contribution is 2.44. The third-order valence-electron chi connectivity index (χ3n) is 5.07. The van der Waals surface area contributed by atoms with Crippen molar-refractivity contribution in [3.63, 3.8) is 0 Å². The highest BCUT2D eigenvalue weighted by molar-refractivity contribution is 5.86. The van der Waals surface area contributed by atoms with Crippen molar-refractivity contribution in [2.75, 3.05) is 14.2 Å². The predicted octanol–water partition coefficient (Wildman–Crippen LogP) is 3.68. The molecule has 0 saturated carbocycles. The number of aliphatic hydroxyl groups excluding tert-OH is 1. The van der Waals surface area contributed by atoms with E-state index in [2.05, 4.69) is 0 Å². The lowest BCUT2D eigenvalue weighted by Crippen LogP contribution is -2.36. The molecule has 0 radical (unpaired) electrons. The minimum absolute atomic E-state index is 0.0794. The number of carbonyl (C=O) groups is 1. The van der Waals surface area contributed by atoms with Gasteiger partial charge in [0.05, 0.1) is 12.7 Å². The summed E-state index contributed by atoms with van der Waals surface area (Å²) in [6.45, 7) is 3.87. The van der Waals surface area contributed by atoms with Crippen molar-refractivity contribution in [2.24, 2.45) is 0 Å². The molecule has 0 spiro atoms. The summed E-state index contributed by atoms with van der Waals surface area (Å²) >= 11 is 0. The first-order chi connectivity index (χ1) is 13.3. The average Bonchev–Trinajstić information content (AvgIpc) is 2.66. The predicted molar refractivity (Wildman–Crippen MR) is 102 cm³/mol. The monoisotopic (exact) mass is 382 g/mol. The third kappa shape index (κ3) is 2.90. The van der Waals surface area contributed by atoms with Crippen molar-refractivity contribution in [1.29, 1.82) is 0 Å². The zero-order chi connectivity index (χ0) is 20.1. The number of hydrogen-bond acceptors (Lipinski definition) is 6. The molecule has 0 amide bonds. The van der Waals surface area contributed by atoms with E-state index in [9.17, 15) is 9.90 Å². The Kier molecular flexibility index (Phi) is 4.31. The molecule has 1 aromatic rings. The number of methoxy groups -OCH3 is 2. The fourth-order valence-electron chi connectivity index (χ4n) is 3.67. The SMILES string of the molecule is COc1ccc(C2C(=O)OC3=CC4=C(C=CC(C)(C)O4)C(OC)C3=C2O)cc1. The zero-order valence-electron chi connectivity index (χ0n) is 16.2. The number of rotatable bonds is 3. The van der Waals surface area contributed by atoms with Gasteiger partial charge in [-0.2, -0.15) is 0 Å². The number of fused-ring (bicyclic) bond motifs is 1. The number of carbonyl (C=O) groups excluding carboxylic acids is 1. The van der Waals surface area contributed by atoms with Gasteiger partial charge < -0.3 is 24.1 Å². The van der Waals surface area contributed by atoms with Crippen LogP contribution in [-0.2, 0) is 19.0 Å². The molecule has 0 aromatic heterocycles. The summed E-state index contributed by atoms with van der Waals surface area (Å²) in [5.41, 5.74) is 1.34.